The van der Waals surface area contributed by atoms with E-state index >= 15 is 0 Å². The van der Waals surface area contributed by atoms with E-state index in [0.717, 1.165) is 0 Å². The van der Waals surface area contributed by atoms with Crippen LogP contribution in [0.4, 0.5) is 0 Å². The molecule has 0 saturated carbocycles. The van der Waals surface area contributed by atoms with E-state index in [1.165, 1.54) is 86.5 Å². The van der Waals surface area contributed by atoms with E-state index in [1.54, 1.807) is 0 Å². The Morgan fingerprint density at radius 1 is 0.542 bits per heavy atom. The van der Waals surface area contributed by atoms with Gasteiger partial charge in [-0.2, -0.15) is 0 Å². The van der Waals surface area contributed by atoms with E-state index in [4.69, 9.17) is 0 Å². The summed E-state index contributed by atoms with van der Waals surface area (Å²) >= 11 is 0. The van der Waals surface area contributed by atoms with Gasteiger partial charge in [0.05, 0.1) is 0 Å². The van der Waals surface area contributed by atoms with Crippen molar-refractivity contribution in [2.45, 2.75) is 78.1 Å². The molecule has 0 heteroatoms. The molecule has 0 aliphatic heterocycles. The third kappa shape index (κ3) is 6.51. The first kappa shape index (κ1) is 18.8. The van der Waals surface area contributed by atoms with E-state index < -0.39 is 0 Å². The molecular formula is C24H34. The average molecular weight is 323 g/mol. The third-order valence-corrected chi connectivity index (χ3v) is 4.83. The molecule has 130 valence electrons. The molecule has 2 rings (SSSR count). The highest BCUT2D eigenvalue weighted by atomic mass is 14.1. The Morgan fingerprint density at radius 2 is 1.00 bits per heavy atom. The van der Waals surface area contributed by atoms with Crippen LogP contribution in [0, 0.1) is 0 Å². The molecule has 0 N–H and O–H groups in total. The standard InChI is InChI=1S/C24H34/c1-3-5-7-9-13-21-15-11-17-23(19-21)24-18-12-16-22(20-24)14-10-8-6-4-2/h11-12,15-20H,3-10,13-14H2,1-2H3. The Bertz CT molecular complexity index is 529. The van der Waals surface area contributed by atoms with Crippen molar-refractivity contribution in [2.24, 2.45) is 0 Å². The van der Waals surface area contributed by atoms with Gasteiger partial charge in [0.2, 0.25) is 0 Å². The Kier molecular flexibility index (Phi) is 8.66. The van der Waals surface area contributed by atoms with Crippen molar-refractivity contribution in [3.63, 3.8) is 0 Å². The maximum Gasteiger partial charge on any atom is -0.0181 e. The Balaban J connectivity index is 1.97. The molecule has 24 heavy (non-hydrogen) atoms. The van der Waals surface area contributed by atoms with Crippen molar-refractivity contribution < 1.29 is 0 Å². The molecule has 0 amide bonds. The van der Waals surface area contributed by atoms with Gasteiger partial charge in [-0.05, 0) is 47.9 Å². The number of unbranched alkanes of at least 4 members (excludes halogenated alkanes) is 6. The van der Waals surface area contributed by atoms with Crippen LogP contribution in [0.15, 0.2) is 48.5 Å². The molecule has 0 spiro atoms. The lowest BCUT2D eigenvalue weighted by molar-refractivity contribution is 0.666. The van der Waals surface area contributed by atoms with Gasteiger partial charge in [0.1, 0.15) is 0 Å². The summed E-state index contributed by atoms with van der Waals surface area (Å²) in [6, 6.07) is 18.3. The van der Waals surface area contributed by atoms with Crippen molar-refractivity contribution >= 4 is 0 Å². The minimum absolute atomic E-state index is 1.21. The molecule has 2 aromatic carbocycles. The molecule has 0 bridgehead atoms. The second-order valence-electron chi connectivity index (χ2n) is 7.02. The summed E-state index contributed by atoms with van der Waals surface area (Å²) in [5, 5.41) is 0. The fourth-order valence-corrected chi connectivity index (χ4v) is 3.32. The first-order valence-electron chi connectivity index (χ1n) is 10.0. The predicted molar refractivity (Wildman–Crippen MR) is 108 cm³/mol. The van der Waals surface area contributed by atoms with Gasteiger partial charge in [-0.3, -0.25) is 0 Å². The highest BCUT2D eigenvalue weighted by Crippen LogP contribution is 2.23. The summed E-state index contributed by atoms with van der Waals surface area (Å²) in [5.74, 6) is 0. The van der Waals surface area contributed by atoms with Crippen molar-refractivity contribution in [3.8, 4) is 11.1 Å². The Morgan fingerprint density at radius 3 is 1.42 bits per heavy atom. The fraction of sp³-hybridized carbons (Fsp3) is 0.500. The lowest BCUT2D eigenvalue weighted by Crippen LogP contribution is -1.89. The number of benzene rings is 2. The zero-order chi connectivity index (χ0) is 17.0. The van der Waals surface area contributed by atoms with Crippen LogP contribution >= 0.6 is 0 Å². The van der Waals surface area contributed by atoms with Crippen LogP contribution in [0.1, 0.15) is 76.3 Å². The first-order chi connectivity index (χ1) is 11.8. The molecule has 0 heterocycles. The third-order valence-electron chi connectivity index (χ3n) is 4.83. The maximum atomic E-state index is 2.39. The minimum Gasteiger partial charge on any atom is -0.0654 e. The highest BCUT2D eigenvalue weighted by Gasteiger charge is 2.02. The lowest BCUT2D eigenvalue weighted by Gasteiger charge is -2.08. The van der Waals surface area contributed by atoms with E-state index in [9.17, 15) is 0 Å². The van der Waals surface area contributed by atoms with Gasteiger partial charge in [-0.1, -0.05) is 101 Å². The monoisotopic (exact) mass is 322 g/mol. The summed E-state index contributed by atoms with van der Waals surface area (Å²) in [7, 11) is 0. The number of rotatable bonds is 11. The van der Waals surface area contributed by atoms with E-state index in [2.05, 4.69) is 62.4 Å². The second kappa shape index (κ2) is 11.1. The summed E-state index contributed by atoms with van der Waals surface area (Å²) in [6.07, 6.45) is 13.1. The first-order valence-corrected chi connectivity index (χ1v) is 10.0. The van der Waals surface area contributed by atoms with Crippen molar-refractivity contribution in [1.82, 2.24) is 0 Å². The Hall–Kier alpha value is -1.56. The van der Waals surface area contributed by atoms with Crippen molar-refractivity contribution in [1.29, 1.82) is 0 Å². The topological polar surface area (TPSA) is 0 Å². The molecule has 0 fully saturated rings. The molecular weight excluding hydrogens is 288 g/mol. The zero-order valence-corrected chi connectivity index (χ0v) is 15.7. The van der Waals surface area contributed by atoms with Gasteiger partial charge in [-0.15, -0.1) is 0 Å². The van der Waals surface area contributed by atoms with E-state index in [1.807, 2.05) is 0 Å². The van der Waals surface area contributed by atoms with Crippen LogP contribution < -0.4 is 0 Å². The smallest absolute Gasteiger partial charge is 0.0181 e. The van der Waals surface area contributed by atoms with Gasteiger partial charge >= 0.3 is 0 Å². The predicted octanol–water partition coefficient (Wildman–Crippen LogP) is 7.60. The molecule has 0 saturated heterocycles. The quantitative estimate of drug-likeness (QED) is 0.374. The molecule has 0 unspecified atom stereocenters. The van der Waals surface area contributed by atoms with Crippen LogP contribution in [-0.4, -0.2) is 0 Å². The fourth-order valence-electron chi connectivity index (χ4n) is 3.32. The Labute approximate surface area is 149 Å². The van der Waals surface area contributed by atoms with Crippen LogP contribution in [-0.2, 0) is 12.8 Å². The van der Waals surface area contributed by atoms with Gasteiger partial charge in [0.15, 0.2) is 0 Å². The zero-order valence-electron chi connectivity index (χ0n) is 15.7. The molecule has 0 aromatic heterocycles. The SMILES string of the molecule is CCCCCCc1cccc(-c2cccc(CCCCCC)c2)c1. The van der Waals surface area contributed by atoms with Crippen molar-refractivity contribution in [3.05, 3.63) is 59.7 Å². The van der Waals surface area contributed by atoms with Gasteiger partial charge in [0, 0.05) is 0 Å². The summed E-state index contributed by atoms with van der Waals surface area (Å²) in [5.41, 5.74) is 5.71. The number of hydrogen-bond donors (Lipinski definition) is 0. The molecule has 0 aliphatic rings. The number of hydrogen-bond acceptors (Lipinski definition) is 0. The van der Waals surface area contributed by atoms with Crippen LogP contribution in [0.3, 0.4) is 0 Å². The molecule has 0 nitrogen and oxygen atoms in total. The second-order valence-corrected chi connectivity index (χ2v) is 7.02. The minimum atomic E-state index is 1.21. The highest BCUT2D eigenvalue weighted by molar-refractivity contribution is 5.65. The molecule has 0 atom stereocenters. The van der Waals surface area contributed by atoms with Crippen molar-refractivity contribution in [2.75, 3.05) is 0 Å². The van der Waals surface area contributed by atoms with Gasteiger partial charge in [-0.25, -0.2) is 0 Å². The lowest BCUT2D eigenvalue weighted by atomic mass is 9.97. The molecule has 0 aliphatic carbocycles. The van der Waals surface area contributed by atoms with Gasteiger partial charge in [0.25, 0.3) is 0 Å². The molecule has 2 aromatic rings. The van der Waals surface area contributed by atoms with E-state index in [-0.39, 0.29) is 0 Å². The summed E-state index contributed by atoms with van der Waals surface area (Å²) < 4.78 is 0. The number of aryl methyl sites for hydroxylation is 2. The van der Waals surface area contributed by atoms with Crippen LogP contribution in [0.2, 0.25) is 0 Å². The summed E-state index contributed by atoms with van der Waals surface area (Å²) in [6.45, 7) is 4.55. The van der Waals surface area contributed by atoms with Crippen LogP contribution in [0.5, 0.6) is 0 Å². The average Bonchev–Trinajstić information content (AvgIpc) is 2.63. The largest absolute Gasteiger partial charge is 0.0654 e. The summed E-state index contributed by atoms with van der Waals surface area (Å²) in [4.78, 5) is 0. The normalized spacial score (nSPS) is 10.9. The molecule has 0 radical (unpaired) electrons. The van der Waals surface area contributed by atoms with Crippen LogP contribution in [0.25, 0.3) is 11.1 Å². The maximum absolute atomic E-state index is 2.39. The van der Waals surface area contributed by atoms with E-state index in [0.29, 0.717) is 0 Å². The van der Waals surface area contributed by atoms with Gasteiger partial charge < -0.3 is 0 Å².